The van der Waals surface area contributed by atoms with Crippen LogP contribution in [0, 0.1) is 6.92 Å². The van der Waals surface area contributed by atoms with Crippen molar-refractivity contribution in [3.63, 3.8) is 0 Å². The maximum Gasteiger partial charge on any atom is 0.225 e. The van der Waals surface area contributed by atoms with E-state index in [0.717, 1.165) is 13.1 Å². The Hall–Kier alpha value is -2.99. The number of nitrogens with two attached hydrogens (primary N) is 2. The van der Waals surface area contributed by atoms with Gasteiger partial charge in [0.25, 0.3) is 0 Å². The minimum atomic E-state index is 0.167. The molecule has 2 aromatic carbocycles. The van der Waals surface area contributed by atoms with Crippen LogP contribution in [-0.4, -0.2) is 15.0 Å². The zero-order valence-electron chi connectivity index (χ0n) is 13.7. The molecule has 0 atom stereocenters. The van der Waals surface area contributed by atoms with Gasteiger partial charge in [-0.2, -0.15) is 15.0 Å². The Labute approximate surface area is 142 Å². The number of nitrogens with one attached hydrogen (secondary N) is 1. The molecule has 0 aliphatic carbocycles. The largest absolute Gasteiger partial charge is 0.368 e. The Morgan fingerprint density at radius 3 is 1.50 bits per heavy atom. The van der Waals surface area contributed by atoms with Gasteiger partial charge in [0.05, 0.1) is 0 Å². The topological polar surface area (TPSA) is 103 Å². The highest BCUT2D eigenvalue weighted by molar-refractivity contribution is 5.25. The van der Waals surface area contributed by atoms with Crippen LogP contribution in [0.2, 0.25) is 0 Å². The van der Waals surface area contributed by atoms with Gasteiger partial charge in [-0.1, -0.05) is 60.7 Å². The van der Waals surface area contributed by atoms with Crippen LogP contribution < -0.4 is 16.8 Å². The van der Waals surface area contributed by atoms with Gasteiger partial charge in [0.2, 0.25) is 11.9 Å². The van der Waals surface area contributed by atoms with Crippen molar-refractivity contribution in [3.8, 4) is 0 Å². The van der Waals surface area contributed by atoms with Gasteiger partial charge in [0, 0.05) is 13.1 Å². The SMILES string of the molecule is Cc1nc(N)nc(N)n1.c1ccc(CNCc2ccccc2)cc1. The van der Waals surface area contributed by atoms with Gasteiger partial charge in [-0.15, -0.1) is 0 Å². The van der Waals surface area contributed by atoms with E-state index in [1.165, 1.54) is 11.1 Å². The molecule has 124 valence electrons. The van der Waals surface area contributed by atoms with Crippen LogP contribution in [0.3, 0.4) is 0 Å². The van der Waals surface area contributed by atoms with Crippen molar-refractivity contribution in [1.29, 1.82) is 0 Å². The molecular weight excluding hydrogens is 300 g/mol. The first kappa shape index (κ1) is 17.4. The van der Waals surface area contributed by atoms with E-state index in [-0.39, 0.29) is 11.9 Å². The highest BCUT2D eigenvalue weighted by atomic mass is 15.1. The van der Waals surface area contributed by atoms with Crippen molar-refractivity contribution in [2.45, 2.75) is 20.0 Å². The molecule has 3 aromatic rings. The van der Waals surface area contributed by atoms with E-state index in [1.807, 2.05) is 12.1 Å². The molecule has 0 aliphatic heterocycles. The highest BCUT2D eigenvalue weighted by Gasteiger charge is 1.93. The summed E-state index contributed by atoms with van der Waals surface area (Å²) in [7, 11) is 0. The number of anilines is 2. The fourth-order valence-electron chi connectivity index (χ4n) is 2.07. The summed E-state index contributed by atoms with van der Waals surface area (Å²) in [5.74, 6) is 0.875. The first-order valence-corrected chi connectivity index (χ1v) is 7.65. The van der Waals surface area contributed by atoms with Crippen molar-refractivity contribution in [2.24, 2.45) is 0 Å². The third kappa shape index (κ3) is 6.41. The lowest BCUT2D eigenvalue weighted by molar-refractivity contribution is 0.693. The number of aromatic nitrogens is 3. The van der Waals surface area contributed by atoms with E-state index >= 15 is 0 Å². The van der Waals surface area contributed by atoms with Crippen LogP contribution >= 0.6 is 0 Å². The van der Waals surface area contributed by atoms with Gasteiger partial charge in [0.15, 0.2) is 0 Å². The molecule has 0 amide bonds. The van der Waals surface area contributed by atoms with Crippen molar-refractivity contribution in [2.75, 3.05) is 11.5 Å². The van der Waals surface area contributed by atoms with E-state index in [4.69, 9.17) is 11.5 Å². The molecule has 1 aromatic heterocycles. The predicted molar refractivity (Wildman–Crippen MR) is 96.8 cm³/mol. The van der Waals surface area contributed by atoms with E-state index in [2.05, 4.69) is 68.8 Å². The molecule has 0 saturated heterocycles. The Bertz CT molecular complexity index is 641. The van der Waals surface area contributed by atoms with Crippen LogP contribution in [0.5, 0.6) is 0 Å². The van der Waals surface area contributed by atoms with Crippen LogP contribution in [0.15, 0.2) is 60.7 Å². The highest BCUT2D eigenvalue weighted by Crippen LogP contribution is 2.00. The molecule has 24 heavy (non-hydrogen) atoms. The van der Waals surface area contributed by atoms with Crippen molar-refractivity contribution >= 4 is 11.9 Å². The first-order valence-electron chi connectivity index (χ1n) is 7.65. The Morgan fingerprint density at radius 1 is 0.708 bits per heavy atom. The Morgan fingerprint density at radius 2 is 1.12 bits per heavy atom. The van der Waals surface area contributed by atoms with Crippen LogP contribution in [0.1, 0.15) is 17.0 Å². The third-order valence-electron chi connectivity index (χ3n) is 3.13. The van der Waals surface area contributed by atoms with E-state index < -0.39 is 0 Å². The minimum Gasteiger partial charge on any atom is -0.368 e. The van der Waals surface area contributed by atoms with Gasteiger partial charge >= 0.3 is 0 Å². The molecule has 1 heterocycles. The number of hydrogen-bond donors (Lipinski definition) is 3. The normalized spacial score (nSPS) is 9.88. The zero-order valence-corrected chi connectivity index (χ0v) is 13.7. The summed E-state index contributed by atoms with van der Waals surface area (Å²) in [5, 5.41) is 3.42. The van der Waals surface area contributed by atoms with Crippen LogP contribution in [-0.2, 0) is 13.1 Å². The summed E-state index contributed by atoms with van der Waals surface area (Å²) in [6.07, 6.45) is 0. The predicted octanol–water partition coefficient (Wildman–Crippen LogP) is 2.32. The van der Waals surface area contributed by atoms with Crippen LogP contribution in [0.25, 0.3) is 0 Å². The Kier molecular flexibility index (Phi) is 6.67. The summed E-state index contributed by atoms with van der Waals surface area (Å²) in [5.41, 5.74) is 13.1. The molecule has 0 aliphatic rings. The van der Waals surface area contributed by atoms with E-state index in [9.17, 15) is 0 Å². The van der Waals surface area contributed by atoms with Gasteiger partial charge in [0.1, 0.15) is 5.82 Å². The average molecular weight is 322 g/mol. The molecule has 0 bridgehead atoms. The molecule has 0 spiro atoms. The van der Waals surface area contributed by atoms with Gasteiger partial charge in [-0.25, -0.2) is 0 Å². The minimum absolute atomic E-state index is 0.167. The lowest BCUT2D eigenvalue weighted by Gasteiger charge is -2.04. The first-order chi connectivity index (χ1) is 11.6. The number of benzene rings is 2. The number of hydrogen-bond acceptors (Lipinski definition) is 6. The zero-order chi connectivity index (χ0) is 17.2. The average Bonchev–Trinajstić information content (AvgIpc) is 2.56. The molecular formula is C18H22N6. The van der Waals surface area contributed by atoms with Crippen molar-refractivity contribution < 1.29 is 0 Å². The lowest BCUT2D eigenvalue weighted by atomic mass is 10.2. The van der Waals surface area contributed by atoms with E-state index in [1.54, 1.807) is 6.92 Å². The second-order valence-corrected chi connectivity index (χ2v) is 5.17. The number of aryl methyl sites for hydroxylation is 1. The maximum atomic E-state index is 5.22. The lowest BCUT2D eigenvalue weighted by Crippen LogP contribution is -2.12. The molecule has 3 rings (SSSR count). The maximum absolute atomic E-state index is 5.22. The summed E-state index contributed by atoms with van der Waals surface area (Å²) < 4.78 is 0. The quantitative estimate of drug-likeness (QED) is 0.681. The van der Waals surface area contributed by atoms with E-state index in [0.29, 0.717) is 5.82 Å². The second kappa shape index (κ2) is 9.22. The van der Waals surface area contributed by atoms with Gasteiger partial charge < -0.3 is 16.8 Å². The number of nitrogen functional groups attached to an aromatic ring is 2. The molecule has 0 unspecified atom stereocenters. The Balaban J connectivity index is 0.000000198. The van der Waals surface area contributed by atoms with Crippen molar-refractivity contribution in [3.05, 3.63) is 77.6 Å². The summed E-state index contributed by atoms with van der Waals surface area (Å²) in [4.78, 5) is 11.0. The summed E-state index contributed by atoms with van der Waals surface area (Å²) >= 11 is 0. The molecule has 6 heteroatoms. The molecule has 0 fully saturated rings. The van der Waals surface area contributed by atoms with Crippen molar-refractivity contribution in [1.82, 2.24) is 20.3 Å². The summed E-state index contributed by atoms with van der Waals surface area (Å²) in [6.45, 7) is 3.56. The molecule has 0 saturated carbocycles. The molecule has 6 nitrogen and oxygen atoms in total. The van der Waals surface area contributed by atoms with Crippen LogP contribution in [0.4, 0.5) is 11.9 Å². The smallest absolute Gasteiger partial charge is 0.225 e. The monoisotopic (exact) mass is 322 g/mol. The summed E-state index contributed by atoms with van der Waals surface area (Å²) in [6, 6.07) is 20.9. The third-order valence-corrected chi connectivity index (χ3v) is 3.13. The molecule has 5 N–H and O–H groups in total. The van der Waals surface area contributed by atoms with Gasteiger partial charge in [-0.3, -0.25) is 0 Å². The standard InChI is InChI=1S/C14H15N.C4H7N5/c1-3-7-13(8-4-1)11-15-12-14-9-5-2-6-10-14;1-2-7-3(5)9-4(6)8-2/h1-10,15H,11-12H2;1H3,(H4,5,6,7,8,9). The fourth-order valence-corrected chi connectivity index (χ4v) is 2.07. The second-order valence-electron chi connectivity index (χ2n) is 5.17. The molecule has 0 radical (unpaired) electrons. The number of rotatable bonds is 4. The number of nitrogens with zero attached hydrogens (tertiary/aromatic N) is 3. The van der Waals surface area contributed by atoms with Gasteiger partial charge in [-0.05, 0) is 18.1 Å². The fraction of sp³-hybridized carbons (Fsp3) is 0.167.